The fourth-order valence-electron chi connectivity index (χ4n) is 1.54. The number of hydrogen-bond donors (Lipinski definition) is 0. The second kappa shape index (κ2) is 4.52. The molecule has 0 bridgehead atoms. The number of rotatable bonds is 1. The molecule has 0 saturated carbocycles. The first kappa shape index (κ1) is 11.6. The van der Waals surface area contributed by atoms with Crippen molar-refractivity contribution in [3.05, 3.63) is 45.3 Å². The van der Waals surface area contributed by atoms with Crippen LogP contribution in [0.3, 0.4) is 0 Å². The normalized spacial score (nSPS) is 10.5. The minimum Gasteiger partial charge on any atom is -0.223 e. The zero-order valence-electron chi connectivity index (χ0n) is 8.96. The summed E-state index contributed by atoms with van der Waals surface area (Å²) in [6, 6.07) is 8.02. The number of aryl methyl sites for hydroxylation is 2. The Morgan fingerprint density at radius 1 is 1.12 bits per heavy atom. The van der Waals surface area contributed by atoms with Crippen molar-refractivity contribution in [3.8, 4) is 11.3 Å². The Bertz CT molecular complexity index is 520. The lowest BCUT2D eigenvalue weighted by Crippen LogP contribution is -1.92. The Balaban J connectivity index is 2.62. The third kappa shape index (κ3) is 2.42. The van der Waals surface area contributed by atoms with Gasteiger partial charge in [0.25, 0.3) is 0 Å². The highest BCUT2D eigenvalue weighted by Crippen LogP contribution is 2.26. The lowest BCUT2D eigenvalue weighted by atomic mass is 10.1. The van der Waals surface area contributed by atoms with Crippen LogP contribution in [-0.2, 0) is 0 Å². The number of halogens is 2. The predicted octanol–water partition coefficient (Wildman–Crippen LogP) is 4.18. The van der Waals surface area contributed by atoms with Crippen LogP contribution >= 0.6 is 27.5 Å². The van der Waals surface area contributed by atoms with Gasteiger partial charge in [-0.15, -0.1) is 0 Å². The van der Waals surface area contributed by atoms with E-state index in [1.165, 1.54) is 0 Å². The highest BCUT2D eigenvalue weighted by Gasteiger charge is 2.06. The van der Waals surface area contributed by atoms with Crippen LogP contribution in [0.4, 0.5) is 0 Å². The zero-order chi connectivity index (χ0) is 11.7. The van der Waals surface area contributed by atoms with Crippen LogP contribution < -0.4 is 0 Å². The SMILES string of the molecule is Cc1cc(-c2cc(Br)ccc2C)nc(Cl)n1. The van der Waals surface area contributed by atoms with Gasteiger partial charge in [0.2, 0.25) is 5.28 Å². The third-order valence-electron chi connectivity index (χ3n) is 2.30. The Morgan fingerprint density at radius 2 is 1.88 bits per heavy atom. The van der Waals surface area contributed by atoms with Crippen molar-refractivity contribution < 1.29 is 0 Å². The Kier molecular flexibility index (Phi) is 3.26. The highest BCUT2D eigenvalue weighted by molar-refractivity contribution is 9.10. The summed E-state index contributed by atoms with van der Waals surface area (Å²) in [6.07, 6.45) is 0. The summed E-state index contributed by atoms with van der Waals surface area (Å²) in [5.41, 5.74) is 3.96. The van der Waals surface area contributed by atoms with Crippen molar-refractivity contribution in [1.29, 1.82) is 0 Å². The molecule has 0 N–H and O–H groups in total. The third-order valence-corrected chi connectivity index (χ3v) is 2.96. The van der Waals surface area contributed by atoms with E-state index in [4.69, 9.17) is 11.6 Å². The van der Waals surface area contributed by atoms with E-state index in [1.807, 2.05) is 38.1 Å². The van der Waals surface area contributed by atoms with Crippen molar-refractivity contribution in [2.24, 2.45) is 0 Å². The van der Waals surface area contributed by atoms with Gasteiger partial charge in [-0.3, -0.25) is 0 Å². The lowest BCUT2D eigenvalue weighted by molar-refractivity contribution is 1.10. The summed E-state index contributed by atoms with van der Waals surface area (Å²) in [7, 11) is 0. The minimum absolute atomic E-state index is 0.286. The highest BCUT2D eigenvalue weighted by atomic mass is 79.9. The van der Waals surface area contributed by atoms with Crippen molar-refractivity contribution in [2.75, 3.05) is 0 Å². The van der Waals surface area contributed by atoms with Crippen LogP contribution in [0.5, 0.6) is 0 Å². The second-order valence-corrected chi connectivity index (χ2v) is 4.88. The summed E-state index contributed by atoms with van der Waals surface area (Å²) in [5.74, 6) is 0. The molecule has 0 aliphatic heterocycles. The van der Waals surface area contributed by atoms with Crippen LogP contribution in [-0.4, -0.2) is 9.97 Å². The molecule has 0 spiro atoms. The molecule has 2 aromatic rings. The van der Waals surface area contributed by atoms with Gasteiger partial charge in [0.15, 0.2) is 0 Å². The van der Waals surface area contributed by atoms with Crippen molar-refractivity contribution in [2.45, 2.75) is 13.8 Å². The van der Waals surface area contributed by atoms with Crippen molar-refractivity contribution >= 4 is 27.5 Å². The van der Waals surface area contributed by atoms with Crippen molar-refractivity contribution in [3.63, 3.8) is 0 Å². The molecular formula is C12H10BrClN2. The number of nitrogens with zero attached hydrogens (tertiary/aromatic N) is 2. The molecule has 0 aliphatic rings. The monoisotopic (exact) mass is 296 g/mol. The molecule has 0 unspecified atom stereocenters. The van der Waals surface area contributed by atoms with Gasteiger partial charge >= 0.3 is 0 Å². The number of benzene rings is 1. The van der Waals surface area contributed by atoms with Crippen LogP contribution in [0.15, 0.2) is 28.7 Å². The minimum atomic E-state index is 0.286. The Morgan fingerprint density at radius 3 is 2.56 bits per heavy atom. The average molecular weight is 298 g/mol. The standard InChI is InChI=1S/C12H10BrClN2/c1-7-3-4-9(13)6-10(7)11-5-8(2)15-12(14)16-11/h3-6H,1-2H3. The van der Waals surface area contributed by atoms with Gasteiger partial charge in [-0.25, -0.2) is 9.97 Å². The summed E-state index contributed by atoms with van der Waals surface area (Å²) in [5, 5.41) is 0.286. The first-order valence-corrected chi connectivity index (χ1v) is 6.01. The Labute approximate surface area is 108 Å². The van der Waals surface area contributed by atoms with Crippen LogP contribution in [0.1, 0.15) is 11.3 Å². The summed E-state index contributed by atoms with van der Waals surface area (Å²) >= 11 is 9.31. The number of hydrogen-bond acceptors (Lipinski definition) is 2. The molecule has 0 aliphatic carbocycles. The zero-order valence-corrected chi connectivity index (χ0v) is 11.3. The maximum absolute atomic E-state index is 5.86. The summed E-state index contributed by atoms with van der Waals surface area (Å²) in [4.78, 5) is 8.29. The maximum Gasteiger partial charge on any atom is 0.223 e. The van der Waals surface area contributed by atoms with Gasteiger partial charge in [-0.1, -0.05) is 22.0 Å². The van der Waals surface area contributed by atoms with Gasteiger partial charge in [0.05, 0.1) is 5.69 Å². The van der Waals surface area contributed by atoms with Crippen molar-refractivity contribution in [1.82, 2.24) is 9.97 Å². The molecule has 82 valence electrons. The van der Waals surface area contributed by atoms with E-state index >= 15 is 0 Å². The quantitative estimate of drug-likeness (QED) is 0.738. The van der Waals surface area contributed by atoms with E-state index in [0.29, 0.717) is 0 Å². The van der Waals surface area contributed by atoms with E-state index in [0.717, 1.165) is 27.0 Å². The molecule has 1 heterocycles. The molecule has 16 heavy (non-hydrogen) atoms. The van der Waals surface area contributed by atoms with Gasteiger partial charge in [0.1, 0.15) is 0 Å². The van der Waals surface area contributed by atoms with E-state index in [1.54, 1.807) is 0 Å². The smallest absolute Gasteiger partial charge is 0.223 e. The van der Waals surface area contributed by atoms with Crippen LogP contribution in [0.2, 0.25) is 5.28 Å². The van der Waals surface area contributed by atoms with Gasteiger partial charge in [-0.2, -0.15) is 0 Å². The molecule has 0 atom stereocenters. The Hall–Kier alpha value is -0.930. The molecule has 0 fully saturated rings. The fraction of sp³-hybridized carbons (Fsp3) is 0.167. The first-order chi connectivity index (χ1) is 7.56. The van der Waals surface area contributed by atoms with Gasteiger partial charge in [0, 0.05) is 15.7 Å². The largest absolute Gasteiger partial charge is 0.223 e. The molecule has 1 aromatic heterocycles. The van der Waals surface area contributed by atoms with Gasteiger partial charge < -0.3 is 0 Å². The van der Waals surface area contributed by atoms with Crippen LogP contribution in [0.25, 0.3) is 11.3 Å². The molecule has 4 heteroatoms. The van der Waals surface area contributed by atoms with Crippen LogP contribution in [0, 0.1) is 13.8 Å². The molecule has 2 nitrogen and oxygen atoms in total. The predicted molar refractivity (Wildman–Crippen MR) is 69.7 cm³/mol. The molecule has 0 radical (unpaired) electrons. The number of aromatic nitrogens is 2. The summed E-state index contributed by atoms with van der Waals surface area (Å²) in [6.45, 7) is 3.96. The first-order valence-electron chi connectivity index (χ1n) is 4.84. The van der Waals surface area contributed by atoms with E-state index in [-0.39, 0.29) is 5.28 Å². The van der Waals surface area contributed by atoms with E-state index in [2.05, 4.69) is 25.9 Å². The second-order valence-electron chi connectivity index (χ2n) is 3.62. The molecular weight excluding hydrogens is 288 g/mol. The molecule has 1 aromatic carbocycles. The fourth-order valence-corrected chi connectivity index (χ4v) is 2.13. The average Bonchev–Trinajstić information content (AvgIpc) is 2.20. The maximum atomic E-state index is 5.86. The van der Waals surface area contributed by atoms with Gasteiger partial charge in [-0.05, 0) is 49.2 Å². The lowest BCUT2D eigenvalue weighted by Gasteiger charge is -2.06. The summed E-state index contributed by atoms with van der Waals surface area (Å²) < 4.78 is 1.03. The topological polar surface area (TPSA) is 25.8 Å². The molecule has 0 amide bonds. The molecule has 0 saturated heterocycles. The van der Waals surface area contributed by atoms with E-state index in [9.17, 15) is 0 Å². The van der Waals surface area contributed by atoms with E-state index < -0.39 is 0 Å². The molecule has 2 rings (SSSR count).